The monoisotopic (exact) mass is 539 g/mol. The molecule has 0 aliphatic carbocycles. The first-order chi connectivity index (χ1) is 17.8. The van der Waals surface area contributed by atoms with E-state index in [-0.39, 0.29) is 35.8 Å². The molecule has 0 saturated carbocycles. The van der Waals surface area contributed by atoms with Crippen molar-refractivity contribution in [1.82, 2.24) is 10.6 Å². The lowest BCUT2D eigenvalue weighted by molar-refractivity contribution is -0.120. The molecular weight excluding hydrogens is 502 g/mol. The number of aryl methyl sites for hydroxylation is 1. The number of hydrogen-bond acceptors (Lipinski definition) is 6. The molecule has 0 saturated heterocycles. The number of phenolic OH excluding ortho intramolecular Hbond substituents is 1. The summed E-state index contributed by atoms with van der Waals surface area (Å²) >= 11 is 0. The number of aliphatic hydroxyl groups excluding tert-OH is 1. The van der Waals surface area contributed by atoms with E-state index in [1.54, 1.807) is 6.07 Å². The average molecular weight is 540 g/mol. The van der Waals surface area contributed by atoms with Crippen LogP contribution in [0.15, 0.2) is 66.7 Å². The van der Waals surface area contributed by atoms with Crippen molar-refractivity contribution in [2.24, 2.45) is 0 Å². The molecule has 0 aromatic heterocycles. The van der Waals surface area contributed by atoms with Gasteiger partial charge < -0.3 is 20.8 Å². The van der Waals surface area contributed by atoms with Crippen LogP contribution in [0.4, 0.5) is 5.69 Å². The maximum absolute atomic E-state index is 12.5. The first-order valence-corrected chi connectivity index (χ1v) is 14.3. The van der Waals surface area contributed by atoms with E-state index >= 15 is 0 Å². The molecule has 0 unspecified atom stereocenters. The highest BCUT2D eigenvalue weighted by Gasteiger charge is 2.21. The molecule has 3 aromatic carbocycles. The number of amides is 1. The quantitative estimate of drug-likeness (QED) is 0.224. The second kappa shape index (κ2) is 12.4. The minimum atomic E-state index is -3.57. The van der Waals surface area contributed by atoms with Crippen LogP contribution in [0.2, 0.25) is 0 Å². The predicted octanol–water partition coefficient (Wildman–Crippen LogP) is 3.58. The number of rotatable bonds is 12. The number of anilines is 1. The summed E-state index contributed by atoms with van der Waals surface area (Å²) in [5.41, 5.74) is 4.34. The van der Waals surface area contributed by atoms with Crippen LogP contribution in [0.1, 0.15) is 47.8 Å². The summed E-state index contributed by atoms with van der Waals surface area (Å²) < 4.78 is 25.3. The van der Waals surface area contributed by atoms with Gasteiger partial charge in [-0.3, -0.25) is 9.52 Å². The lowest BCUT2D eigenvalue weighted by Gasteiger charge is -2.28. The van der Waals surface area contributed by atoms with Crippen molar-refractivity contribution in [3.63, 3.8) is 0 Å². The normalized spacial score (nSPS) is 12.7. The Morgan fingerprint density at radius 1 is 1.00 bits per heavy atom. The van der Waals surface area contributed by atoms with Gasteiger partial charge in [0.05, 0.1) is 24.5 Å². The molecule has 9 heteroatoms. The van der Waals surface area contributed by atoms with Gasteiger partial charge in [-0.1, -0.05) is 54.6 Å². The average Bonchev–Trinajstić information content (AvgIpc) is 2.82. The van der Waals surface area contributed by atoms with Gasteiger partial charge in [0, 0.05) is 18.6 Å². The molecule has 0 spiro atoms. The van der Waals surface area contributed by atoms with Gasteiger partial charge in [-0.25, -0.2) is 8.42 Å². The molecule has 5 N–H and O–H groups in total. The van der Waals surface area contributed by atoms with Crippen LogP contribution in [0.5, 0.6) is 5.75 Å². The molecule has 0 heterocycles. The zero-order valence-corrected chi connectivity index (χ0v) is 23.1. The molecule has 3 rings (SSSR count). The Morgan fingerprint density at radius 3 is 2.42 bits per heavy atom. The summed E-state index contributed by atoms with van der Waals surface area (Å²) in [6.07, 6.45) is 1.02. The molecule has 1 amide bonds. The topological polar surface area (TPSA) is 128 Å². The Kier molecular flexibility index (Phi) is 9.54. The van der Waals surface area contributed by atoms with Crippen molar-refractivity contribution in [2.75, 3.05) is 17.5 Å². The number of aromatic hydroxyl groups is 1. The Balaban J connectivity index is 1.56. The summed E-state index contributed by atoms with van der Waals surface area (Å²) in [5.74, 6) is -0.257. The maximum Gasteiger partial charge on any atom is 0.229 e. The van der Waals surface area contributed by atoms with Crippen LogP contribution in [-0.4, -0.2) is 42.9 Å². The van der Waals surface area contributed by atoms with Crippen LogP contribution >= 0.6 is 0 Å². The van der Waals surface area contributed by atoms with Gasteiger partial charge in [0.1, 0.15) is 5.75 Å². The fourth-order valence-corrected chi connectivity index (χ4v) is 4.77. The van der Waals surface area contributed by atoms with Crippen molar-refractivity contribution in [3.8, 4) is 5.75 Å². The lowest BCUT2D eigenvalue weighted by atomic mass is 9.93. The highest BCUT2D eigenvalue weighted by atomic mass is 32.2. The van der Waals surface area contributed by atoms with E-state index in [2.05, 4.69) is 15.4 Å². The highest BCUT2D eigenvalue weighted by Crippen LogP contribution is 2.28. The van der Waals surface area contributed by atoms with E-state index in [1.807, 2.05) is 69.3 Å². The third-order valence-corrected chi connectivity index (χ3v) is 6.80. The Hall–Kier alpha value is -3.40. The second-order valence-electron chi connectivity index (χ2n) is 10.3. The van der Waals surface area contributed by atoms with E-state index in [0.29, 0.717) is 18.5 Å². The summed E-state index contributed by atoms with van der Waals surface area (Å²) in [6.45, 7) is 6.79. The summed E-state index contributed by atoms with van der Waals surface area (Å²) in [7, 11) is -3.57. The number of aliphatic hydroxyl groups is 1. The largest absolute Gasteiger partial charge is 0.506 e. The molecule has 204 valence electrons. The fourth-order valence-electron chi connectivity index (χ4n) is 4.21. The minimum absolute atomic E-state index is 0.0167. The van der Waals surface area contributed by atoms with Crippen LogP contribution in [0, 0.1) is 6.92 Å². The number of phenols is 1. The van der Waals surface area contributed by atoms with E-state index in [9.17, 15) is 23.4 Å². The van der Waals surface area contributed by atoms with Crippen molar-refractivity contribution in [3.05, 3.63) is 94.5 Å². The molecule has 0 aliphatic rings. The van der Waals surface area contributed by atoms with Crippen molar-refractivity contribution in [2.45, 2.75) is 51.8 Å². The van der Waals surface area contributed by atoms with Crippen LogP contribution in [0.25, 0.3) is 0 Å². The molecule has 0 aliphatic heterocycles. The summed E-state index contributed by atoms with van der Waals surface area (Å²) in [6, 6.07) is 20.2. The van der Waals surface area contributed by atoms with Gasteiger partial charge in [0.2, 0.25) is 15.9 Å². The van der Waals surface area contributed by atoms with Gasteiger partial charge in [0.15, 0.2) is 0 Å². The first-order valence-electron chi connectivity index (χ1n) is 12.4. The van der Waals surface area contributed by atoms with E-state index < -0.39 is 16.1 Å². The van der Waals surface area contributed by atoms with E-state index in [1.165, 1.54) is 12.1 Å². The van der Waals surface area contributed by atoms with Crippen molar-refractivity contribution >= 4 is 21.6 Å². The summed E-state index contributed by atoms with van der Waals surface area (Å²) in [4.78, 5) is 12.5. The molecule has 38 heavy (non-hydrogen) atoms. The molecule has 0 radical (unpaired) electrons. The number of nitrogens with one attached hydrogen (secondary N) is 3. The first kappa shape index (κ1) is 29.2. The van der Waals surface area contributed by atoms with Gasteiger partial charge in [-0.15, -0.1) is 0 Å². The number of hydrogen-bond donors (Lipinski definition) is 5. The number of benzene rings is 3. The van der Waals surface area contributed by atoms with E-state index in [0.717, 1.165) is 28.5 Å². The maximum atomic E-state index is 12.5. The number of β-amino-alcohol motifs (C(OH)–C–C–N with tert-alkyl or cyclic N) is 1. The highest BCUT2D eigenvalue weighted by molar-refractivity contribution is 7.92. The predicted molar refractivity (Wildman–Crippen MR) is 150 cm³/mol. The van der Waals surface area contributed by atoms with E-state index in [4.69, 9.17) is 0 Å². The molecule has 3 aromatic rings. The van der Waals surface area contributed by atoms with Crippen LogP contribution in [-0.2, 0) is 34.2 Å². The van der Waals surface area contributed by atoms with Crippen molar-refractivity contribution < 1.29 is 23.4 Å². The Morgan fingerprint density at radius 2 is 1.71 bits per heavy atom. The third kappa shape index (κ3) is 9.16. The lowest BCUT2D eigenvalue weighted by Crippen LogP contribution is -2.43. The van der Waals surface area contributed by atoms with Crippen molar-refractivity contribution in [1.29, 1.82) is 0 Å². The Labute approximate surface area is 225 Å². The SMILES string of the molecule is Cc1ccccc1CNC(=O)Cc1cccc(CC(C)(C)NC[C@H](O)c2ccc(O)c(NS(C)(=O)=O)c2)c1. The zero-order valence-electron chi connectivity index (χ0n) is 22.3. The number of carbonyl (C=O) groups excluding carboxylic acids is 1. The Bertz CT molecular complexity index is 1370. The molecule has 0 bridgehead atoms. The smallest absolute Gasteiger partial charge is 0.229 e. The number of sulfonamides is 1. The summed E-state index contributed by atoms with van der Waals surface area (Å²) in [5, 5.41) is 27.0. The van der Waals surface area contributed by atoms with Crippen LogP contribution < -0.4 is 15.4 Å². The molecular formula is C29H37N3O5S. The second-order valence-corrected chi connectivity index (χ2v) is 12.1. The molecule has 1 atom stereocenters. The molecule has 8 nitrogen and oxygen atoms in total. The minimum Gasteiger partial charge on any atom is -0.506 e. The third-order valence-electron chi connectivity index (χ3n) is 6.21. The number of carbonyl (C=O) groups is 1. The van der Waals surface area contributed by atoms with Gasteiger partial charge in [-0.05, 0) is 67.1 Å². The molecule has 0 fully saturated rings. The zero-order chi connectivity index (χ0) is 27.9. The van der Waals surface area contributed by atoms with Gasteiger partial charge in [0.25, 0.3) is 0 Å². The fraction of sp³-hybridized carbons (Fsp3) is 0.345. The van der Waals surface area contributed by atoms with Gasteiger partial charge >= 0.3 is 0 Å². The van der Waals surface area contributed by atoms with Gasteiger partial charge in [-0.2, -0.15) is 0 Å². The van der Waals surface area contributed by atoms with Crippen LogP contribution in [0.3, 0.4) is 0 Å². The standard InChI is InChI=1S/C29H37N3O5S/c1-20-8-5-6-11-24(20)18-30-28(35)15-21-9-7-10-22(14-21)17-29(2,3)31-19-27(34)23-12-13-26(33)25(16-23)32-38(4,36)37/h5-14,16,27,31-34H,15,17-19H2,1-4H3,(H,30,35)/t27-/m0/s1.